The minimum Gasteiger partial charge on any atom is -0.411 e. The van der Waals surface area contributed by atoms with Crippen molar-refractivity contribution in [1.82, 2.24) is 4.81 Å². The highest BCUT2D eigenvalue weighted by Crippen LogP contribution is 2.49. The Morgan fingerprint density at radius 2 is 1.79 bits per heavy atom. The molecule has 2 atom stereocenters. The van der Waals surface area contributed by atoms with Gasteiger partial charge in [-0.1, -0.05) is 69.4 Å². The first kappa shape index (κ1) is 16.7. The van der Waals surface area contributed by atoms with Crippen molar-refractivity contribution < 1.29 is 4.65 Å². The quantitative estimate of drug-likeness (QED) is 0.704. The van der Waals surface area contributed by atoms with E-state index in [2.05, 4.69) is 42.1 Å². The third-order valence-electron chi connectivity index (χ3n) is 6.81. The first-order valence-electron chi connectivity index (χ1n) is 10.3. The summed E-state index contributed by atoms with van der Waals surface area (Å²) in [4.78, 5) is 2.76. The minimum atomic E-state index is -0.0225. The van der Waals surface area contributed by atoms with Gasteiger partial charge in [-0.05, 0) is 44.1 Å². The van der Waals surface area contributed by atoms with Crippen LogP contribution in [0.2, 0.25) is 6.32 Å². The summed E-state index contributed by atoms with van der Waals surface area (Å²) in [7, 11) is 0.308. The molecule has 1 saturated heterocycles. The molecule has 3 aliphatic rings. The molecule has 0 radical (unpaired) electrons. The van der Waals surface area contributed by atoms with Gasteiger partial charge in [0.05, 0.1) is 5.60 Å². The van der Waals surface area contributed by atoms with E-state index < -0.39 is 0 Å². The van der Waals surface area contributed by atoms with Gasteiger partial charge in [0, 0.05) is 12.0 Å². The molecule has 130 valence electrons. The van der Waals surface area contributed by atoms with Crippen LogP contribution < -0.4 is 0 Å². The van der Waals surface area contributed by atoms with Crippen molar-refractivity contribution in [3.63, 3.8) is 0 Å². The molecule has 0 bridgehead atoms. The predicted octanol–water partition coefficient (Wildman–Crippen LogP) is 5.25. The average molecular weight is 325 g/mol. The maximum absolute atomic E-state index is 7.00. The van der Waals surface area contributed by atoms with Crippen molar-refractivity contribution in [2.24, 2.45) is 5.92 Å². The molecule has 0 amide bonds. The van der Waals surface area contributed by atoms with Crippen LogP contribution in [0.25, 0.3) is 0 Å². The summed E-state index contributed by atoms with van der Waals surface area (Å²) in [6.45, 7) is 3.56. The molecule has 1 aliphatic heterocycles. The lowest BCUT2D eigenvalue weighted by Gasteiger charge is -2.55. The molecule has 3 fully saturated rings. The standard InChI is InChI=1S/C21H32BNO/c1-2-22-23(20-14-7-4-8-15-20)17-19-13-9-10-16-21(19,24-22)18-11-5-3-6-12-18/h3,5-6,11-12,19-20H,2,4,7-10,13-17H2,1H3. The SMILES string of the molecule is CCB1OC2(c3ccccc3)CCCCC2CN1C1CCCCC1. The maximum Gasteiger partial charge on any atom is 0.383 e. The maximum atomic E-state index is 7.00. The second-order valence-electron chi connectivity index (χ2n) is 8.17. The summed E-state index contributed by atoms with van der Waals surface area (Å²) in [6, 6.07) is 11.9. The molecular formula is C21H32BNO. The van der Waals surface area contributed by atoms with Crippen LogP contribution in [0, 0.1) is 5.92 Å². The van der Waals surface area contributed by atoms with Crippen LogP contribution in [0.5, 0.6) is 0 Å². The van der Waals surface area contributed by atoms with Crippen LogP contribution in [-0.4, -0.2) is 24.4 Å². The van der Waals surface area contributed by atoms with Crippen LogP contribution in [0.1, 0.15) is 70.3 Å². The number of hydrogen-bond donors (Lipinski definition) is 0. The smallest absolute Gasteiger partial charge is 0.383 e. The highest BCUT2D eigenvalue weighted by molar-refractivity contribution is 6.49. The molecular weight excluding hydrogens is 293 g/mol. The molecule has 3 heteroatoms. The second-order valence-corrected chi connectivity index (χ2v) is 8.17. The Kier molecular flexibility index (Phi) is 5.01. The van der Waals surface area contributed by atoms with E-state index in [9.17, 15) is 0 Å². The van der Waals surface area contributed by atoms with Gasteiger partial charge in [0.1, 0.15) is 0 Å². The zero-order valence-electron chi connectivity index (χ0n) is 15.3. The lowest BCUT2D eigenvalue weighted by molar-refractivity contribution is -0.0833. The van der Waals surface area contributed by atoms with Gasteiger partial charge in [0.25, 0.3) is 0 Å². The third kappa shape index (κ3) is 2.95. The highest BCUT2D eigenvalue weighted by Gasteiger charge is 2.51. The van der Waals surface area contributed by atoms with Gasteiger partial charge in [0.2, 0.25) is 0 Å². The van der Waals surface area contributed by atoms with Crippen LogP contribution >= 0.6 is 0 Å². The summed E-state index contributed by atoms with van der Waals surface area (Å²) in [5.41, 5.74) is 1.40. The summed E-state index contributed by atoms with van der Waals surface area (Å²) >= 11 is 0. The fourth-order valence-corrected chi connectivity index (χ4v) is 5.58. The van der Waals surface area contributed by atoms with Crippen LogP contribution in [0.3, 0.4) is 0 Å². The van der Waals surface area contributed by atoms with Crippen molar-refractivity contribution >= 4 is 7.05 Å². The van der Waals surface area contributed by atoms with Crippen molar-refractivity contribution in [3.8, 4) is 0 Å². The Morgan fingerprint density at radius 3 is 2.54 bits per heavy atom. The van der Waals surface area contributed by atoms with E-state index in [1.54, 1.807) is 0 Å². The van der Waals surface area contributed by atoms with E-state index in [1.807, 2.05) is 0 Å². The molecule has 2 nitrogen and oxygen atoms in total. The molecule has 0 aromatic heterocycles. The Balaban J connectivity index is 1.63. The van der Waals surface area contributed by atoms with Gasteiger partial charge >= 0.3 is 7.05 Å². The van der Waals surface area contributed by atoms with E-state index >= 15 is 0 Å². The Labute approximate surface area is 148 Å². The predicted molar refractivity (Wildman–Crippen MR) is 101 cm³/mol. The van der Waals surface area contributed by atoms with Crippen molar-refractivity contribution in [3.05, 3.63) is 35.9 Å². The number of benzene rings is 1. The van der Waals surface area contributed by atoms with Gasteiger partial charge in [0.15, 0.2) is 0 Å². The van der Waals surface area contributed by atoms with Gasteiger partial charge in [-0.25, -0.2) is 0 Å². The van der Waals surface area contributed by atoms with Gasteiger partial charge in [-0.2, -0.15) is 0 Å². The number of hydrogen-bond acceptors (Lipinski definition) is 2. The normalized spacial score (nSPS) is 32.5. The van der Waals surface area contributed by atoms with E-state index in [1.165, 1.54) is 69.9 Å². The van der Waals surface area contributed by atoms with Crippen LogP contribution in [0.4, 0.5) is 0 Å². The zero-order valence-corrected chi connectivity index (χ0v) is 15.3. The molecule has 0 spiro atoms. The number of nitrogens with zero attached hydrogens (tertiary/aromatic N) is 1. The molecule has 0 N–H and O–H groups in total. The van der Waals surface area contributed by atoms with Crippen LogP contribution in [0.15, 0.2) is 30.3 Å². The molecule has 1 aromatic carbocycles. The lowest BCUT2D eigenvalue weighted by atomic mass is 9.62. The first-order chi connectivity index (χ1) is 11.8. The second kappa shape index (κ2) is 7.21. The molecule has 2 aliphatic carbocycles. The van der Waals surface area contributed by atoms with Crippen LogP contribution in [-0.2, 0) is 10.3 Å². The van der Waals surface area contributed by atoms with Gasteiger partial charge in [-0.3, -0.25) is 0 Å². The van der Waals surface area contributed by atoms with E-state index in [0.29, 0.717) is 13.0 Å². The third-order valence-corrected chi connectivity index (χ3v) is 6.81. The molecule has 24 heavy (non-hydrogen) atoms. The zero-order chi connectivity index (χ0) is 16.4. The van der Waals surface area contributed by atoms with Crippen molar-refractivity contribution in [1.29, 1.82) is 0 Å². The summed E-state index contributed by atoms with van der Waals surface area (Å²) in [5.74, 6) is 0.665. The lowest BCUT2D eigenvalue weighted by Crippen LogP contribution is -2.62. The molecule has 2 unspecified atom stereocenters. The first-order valence-corrected chi connectivity index (χ1v) is 10.3. The highest BCUT2D eigenvalue weighted by atomic mass is 16.5. The van der Waals surface area contributed by atoms with Crippen molar-refractivity contribution in [2.45, 2.75) is 82.7 Å². The molecule has 1 heterocycles. The molecule has 2 saturated carbocycles. The van der Waals surface area contributed by atoms with Gasteiger partial charge < -0.3 is 9.47 Å². The summed E-state index contributed by atoms with van der Waals surface area (Å²) in [6.07, 6.45) is 13.3. The largest absolute Gasteiger partial charge is 0.411 e. The topological polar surface area (TPSA) is 12.5 Å². The van der Waals surface area contributed by atoms with E-state index in [-0.39, 0.29) is 5.60 Å². The van der Waals surface area contributed by atoms with Crippen molar-refractivity contribution in [2.75, 3.05) is 6.54 Å². The molecule has 4 rings (SSSR count). The monoisotopic (exact) mass is 325 g/mol. The summed E-state index contributed by atoms with van der Waals surface area (Å²) in [5, 5.41) is 0. The Hall–Kier alpha value is -0.795. The van der Waals surface area contributed by atoms with Gasteiger partial charge in [-0.15, -0.1) is 0 Å². The summed E-state index contributed by atoms with van der Waals surface area (Å²) < 4.78 is 7.00. The Bertz CT molecular complexity index is 530. The minimum absolute atomic E-state index is 0.0225. The molecule has 1 aromatic rings. The Morgan fingerprint density at radius 1 is 1.04 bits per heavy atom. The number of rotatable bonds is 3. The fourth-order valence-electron chi connectivity index (χ4n) is 5.58. The van der Waals surface area contributed by atoms with E-state index in [0.717, 1.165) is 12.4 Å². The van der Waals surface area contributed by atoms with E-state index in [4.69, 9.17) is 4.65 Å². The number of fused-ring (bicyclic) bond motifs is 1. The average Bonchev–Trinajstić information content (AvgIpc) is 2.68. The fraction of sp³-hybridized carbons (Fsp3) is 0.714.